The molecule has 0 saturated heterocycles. The number of alkyl halides is 3. The van der Waals surface area contributed by atoms with Gasteiger partial charge in [-0.1, -0.05) is 38.1 Å². The van der Waals surface area contributed by atoms with Crippen molar-refractivity contribution < 1.29 is 13.2 Å². The second-order valence-electron chi connectivity index (χ2n) is 4.74. The summed E-state index contributed by atoms with van der Waals surface area (Å²) in [5.41, 5.74) is 7.73. The minimum Gasteiger partial charge on any atom is -0.324 e. The van der Waals surface area contributed by atoms with E-state index in [1.807, 2.05) is 24.3 Å². The zero-order valence-corrected chi connectivity index (χ0v) is 10.8. The summed E-state index contributed by atoms with van der Waals surface area (Å²) < 4.78 is 36.3. The molecule has 1 rings (SSSR count). The first-order valence-corrected chi connectivity index (χ1v) is 6.25. The van der Waals surface area contributed by atoms with E-state index in [1.54, 1.807) is 0 Å². The molecule has 1 aromatic carbocycles. The van der Waals surface area contributed by atoms with E-state index >= 15 is 0 Å². The van der Waals surface area contributed by atoms with Crippen LogP contribution in [0, 0.1) is 0 Å². The molecule has 0 radical (unpaired) electrons. The molecule has 0 aliphatic heterocycles. The van der Waals surface area contributed by atoms with Crippen molar-refractivity contribution in [1.29, 1.82) is 0 Å². The zero-order chi connectivity index (χ0) is 13.8. The number of benzene rings is 1. The van der Waals surface area contributed by atoms with Crippen molar-refractivity contribution in [3.63, 3.8) is 0 Å². The third-order valence-corrected chi connectivity index (χ3v) is 3.28. The van der Waals surface area contributed by atoms with Crippen molar-refractivity contribution in [2.75, 3.05) is 0 Å². The Balaban J connectivity index is 2.62. The summed E-state index contributed by atoms with van der Waals surface area (Å²) in [5, 5.41) is 0. The van der Waals surface area contributed by atoms with Crippen LogP contribution in [0.2, 0.25) is 0 Å². The number of halogens is 3. The van der Waals surface area contributed by atoms with E-state index in [2.05, 4.69) is 13.8 Å². The predicted molar refractivity (Wildman–Crippen MR) is 67.4 cm³/mol. The Labute approximate surface area is 106 Å². The molecule has 0 aromatic heterocycles. The lowest BCUT2D eigenvalue weighted by atomic mass is 9.95. The van der Waals surface area contributed by atoms with Gasteiger partial charge in [-0.15, -0.1) is 0 Å². The molecule has 0 bridgehead atoms. The molecule has 0 fully saturated rings. The fraction of sp³-hybridized carbons (Fsp3) is 0.571. The van der Waals surface area contributed by atoms with Crippen molar-refractivity contribution in [1.82, 2.24) is 0 Å². The SMILES string of the molecule is CCC(C)c1ccc(C(N)CCC(F)(F)F)cc1. The smallest absolute Gasteiger partial charge is 0.324 e. The van der Waals surface area contributed by atoms with Gasteiger partial charge in [-0.3, -0.25) is 0 Å². The lowest BCUT2D eigenvalue weighted by Gasteiger charge is -2.15. The molecule has 0 saturated carbocycles. The molecule has 18 heavy (non-hydrogen) atoms. The molecule has 1 aromatic rings. The highest BCUT2D eigenvalue weighted by Crippen LogP contribution is 2.27. The molecular formula is C14H20F3N. The predicted octanol–water partition coefficient (Wildman–Crippen LogP) is 4.54. The molecular weight excluding hydrogens is 239 g/mol. The fourth-order valence-corrected chi connectivity index (χ4v) is 1.79. The Kier molecular flexibility index (Phi) is 5.20. The zero-order valence-electron chi connectivity index (χ0n) is 10.8. The maximum Gasteiger partial charge on any atom is 0.389 e. The van der Waals surface area contributed by atoms with Crippen molar-refractivity contribution in [2.45, 2.75) is 51.2 Å². The molecule has 0 amide bonds. The first kappa shape index (κ1) is 15.0. The number of hydrogen-bond donors (Lipinski definition) is 1. The lowest BCUT2D eigenvalue weighted by Crippen LogP contribution is -2.15. The van der Waals surface area contributed by atoms with Crippen LogP contribution in [0.5, 0.6) is 0 Å². The number of rotatable bonds is 5. The van der Waals surface area contributed by atoms with E-state index in [0.29, 0.717) is 5.92 Å². The van der Waals surface area contributed by atoms with Crippen LogP contribution in [0.15, 0.2) is 24.3 Å². The van der Waals surface area contributed by atoms with Gasteiger partial charge in [0.1, 0.15) is 0 Å². The van der Waals surface area contributed by atoms with Crippen LogP contribution in [0.25, 0.3) is 0 Å². The van der Waals surface area contributed by atoms with Crippen molar-refractivity contribution in [3.05, 3.63) is 35.4 Å². The van der Waals surface area contributed by atoms with E-state index in [1.165, 1.54) is 5.56 Å². The molecule has 4 heteroatoms. The second kappa shape index (κ2) is 6.23. The van der Waals surface area contributed by atoms with Crippen molar-refractivity contribution in [2.24, 2.45) is 5.73 Å². The molecule has 0 aliphatic carbocycles. The van der Waals surface area contributed by atoms with Gasteiger partial charge in [-0.05, 0) is 29.9 Å². The summed E-state index contributed by atoms with van der Waals surface area (Å²) in [5.74, 6) is 0.463. The lowest BCUT2D eigenvalue weighted by molar-refractivity contribution is -0.136. The molecule has 102 valence electrons. The van der Waals surface area contributed by atoms with E-state index in [9.17, 15) is 13.2 Å². The molecule has 2 N–H and O–H groups in total. The van der Waals surface area contributed by atoms with Gasteiger partial charge < -0.3 is 5.73 Å². The molecule has 2 unspecified atom stereocenters. The Morgan fingerprint density at radius 1 is 1.11 bits per heavy atom. The highest BCUT2D eigenvalue weighted by Gasteiger charge is 2.27. The van der Waals surface area contributed by atoms with Gasteiger partial charge in [0, 0.05) is 12.5 Å². The van der Waals surface area contributed by atoms with Crippen LogP contribution in [0.1, 0.15) is 56.2 Å². The van der Waals surface area contributed by atoms with Crippen molar-refractivity contribution in [3.8, 4) is 0 Å². The standard InChI is InChI=1S/C14H20F3N/c1-3-10(2)11-4-6-12(7-5-11)13(18)8-9-14(15,16)17/h4-7,10,13H,3,8-9,18H2,1-2H3. The average Bonchev–Trinajstić information content (AvgIpc) is 2.34. The van der Waals surface area contributed by atoms with Gasteiger partial charge in [0.05, 0.1) is 0 Å². The van der Waals surface area contributed by atoms with Crippen LogP contribution >= 0.6 is 0 Å². The first-order chi connectivity index (χ1) is 8.33. The highest BCUT2D eigenvalue weighted by molar-refractivity contribution is 5.26. The van der Waals surface area contributed by atoms with E-state index in [-0.39, 0.29) is 6.42 Å². The van der Waals surface area contributed by atoms with Gasteiger partial charge in [0.15, 0.2) is 0 Å². The monoisotopic (exact) mass is 259 g/mol. The molecule has 1 nitrogen and oxygen atoms in total. The van der Waals surface area contributed by atoms with E-state index in [0.717, 1.165) is 12.0 Å². The molecule has 0 aliphatic rings. The summed E-state index contributed by atoms with van der Waals surface area (Å²) in [6.45, 7) is 4.23. The van der Waals surface area contributed by atoms with E-state index < -0.39 is 18.6 Å². The van der Waals surface area contributed by atoms with Crippen LogP contribution in [0.3, 0.4) is 0 Å². The fourth-order valence-electron chi connectivity index (χ4n) is 1.79. The normalized spacial score (nSPS) is 15.4. The Morgan fingerprint density at radius 2 is 1.61 bits per heavy atom. The Bertz CT molecular complexity index is 356. The Hall–Kier alpha value is -1.03. The summed E-state index contributed by atoms with van der Waals surface area (Å²) in [6, 6.07) is 7.04. The number of hydrogen-bond acceptors (Lipinski definition) is 1. The topological polar surface area (TPSA) is 26.0 Å². The van der Waals surface area contributed by atoms with Crippen LogP contribution in [0.4, 0.5) is 13.2 Å². The third-order valence-electron chi connectivity index (χ3n) is 3.28. The maximum absolute atomic E-state index is 12.1. The van der Waals surface area contributed by atoms with Gasteiger partial charge in [-0.25, -0.2) is 0 Å². The minimum absolute atomic E-state index is 0.0633. The summed E-state index contributed by atoms with van der Waals surface area (Å²) in [6.07, 6.45) is -3.98. The van der Waals surface area contributed by atoms with Gasteiger partial charge in [0.25, 0.3) is 0 Å². The summed E-state index contributed by atoms with van der Waals surface area (Å²) in [7, 11) is 0. The highest BCUT2D eigenvalue weighted by atomic mass is 19.4. The van der Waals surface area contributed by atoms with Gasteiger partial charge in [0.2, 0.25) is 0 Å². The van der Waals surface area contributed by atoms with Crippen molar-refractivity contribution >= 4 is 0 Å². The second-order valence-corrected chi connectivity index (χ2v) is 4.74. The molecule has 0 spiro atoms. The third kappa shape index (κ3) is 4.69. The van der Waals surface area contributed by atoms with Gasteiger partial charge >= 0.3 is 6.18 Å². The molecule has 0 heterocycles. The summed E-state index contributed by atoms with van der Waals surface area (Å²) in [4.78, 5) is 0. The molecule has 2 atom stereocenters. The quantitative estimate of drug-likeness (QED) is 0.825. The minimum atomic E-state index is -4.13. The van der Waals surface area contributed by atoms with E-state index in [4.69, 9.17) is 5.73 Å². The van der Waals surface area contributed by atoms with Crippen LogP contribution < -0.4 is 5.73 Å². The summed E-state index contributed by atoms with van der Waals surface area (Å²) >= 11 is 0. The van der Waals surface area contributed by atoms with Gasteiger partial charge in [-0.2, -0.15) is 13.2 Å². The van der Waals surface area contributed by atoms with Crippen LogP contribution in [-0.4, -0.2) is 6.18 Å². The van der Waals surface area contributed by atoms with Crippen LogP contribution in [-0.2, 0) is 0 Å². The maximum atomic E-state index is 12.1. The average molecular weight is 259 g/mol. The number of nitrogens with two attached hydrogens (primary N) is 1. The Morgan fingerprint density at radius 3 is 2.06 bits per heavy atom. The largest absolute Gasteiger partial charge is 0.389 e. The first-order valence-electron chi connectivity index (χ1n) is 6.25.